The highest BCUT2D eigenvalue weighted by Crippen LogP contribution is 2.27. The Bertz CT molecular complexity index is 734. The summed E-state index contributed by atoms with van der Waals surface area (Å²) >= 11 is 1.79. The maximum atomic E-state index is 12.0. The molecule has 0 bridgehead atoms. The van der Waals surface area contributed by atoms with Crippen molar-refractivity contribution in [1.82, 2.24) is 15.3 Å². The Morgan fingerprint density at radius 2 is 1.96 bits per heavy atom. The first-order valence-corrected chi connectivity index (χ1v) is 8.91. The van der Waals surface area contributed by atoms with E-state index in [1.807, 2.05) is 0 Å². The van der Waals surface area contributed by atoms with Crippen molar-refractivity contribution in [3.8, 4) is 0 Å². The molecule has 0 saturated heterocycles. The zero-order valence-electron chi connectivity index (χ0n) is 13.2. The van der Waals surface area contributed by atoms with Crippen LogP contribution < -0.4 is 5.32 Å². The number of carboxylic acids is 1. The molecule has 126 valence electrons. The van der Waals surface area contributed by atoms with E-state index in [2.05, 4.69) is 15.3 Å². The number of hydrogen-bond donors (Lipinski definition) is 2. The molecule has 1 aliphatic rings. The minimum absolute atomic E-state index is 0.125. The Morgan fingerprint density at radius 3 is 2.75 bits per heavy atom. The van der Waals surface area contributed by atoms with Gasteiger partial charge in [-0.05, 0) is 44.2 Å². The number of hydrogen-bond acceptors (Lipinski definition) is 5. The Balaban J connectivity index is 1.47. The molecule has 1 amide bonds. The zero-order chi connectivity index (χ0) is 16.9. The van der Waals surface area contributed by atoms with Crippen LogP contribution in [0.2, 0.25) is 0 Å². The largest absolute Gasteiger partial charge is 0.477 e. The van der Waals surface area contributed by atoms with Gasteiger partial charge in [-0.3, -0.25) is 4.79 Å². The van der Waals surface area contributed by atoms with Crippen LogP contribution in [0.3, 0.4) is 0 Å². The van der Waals surface area contributed by atoms with Crippen LogP contribution in [-0.4, -0.2) is 33.5 Å². The maximum Gasteiger partial charge on any atom is 0.354 e. The fraction of sp³-hybridized carbons (Fsp3) is 0.412. The van der Waals surface area contributed by atoms with Gasteiger partial charge in [0.05, 0.1) is 10.7 Å². The summed E-state index contributed by atoms with van der Waals surface area (Å²) in [6.07, 6.45) is 6.38. The topological polar surface area (TPSA) is 92.2 Å². The molecule has 0 saturated carbocycles. The number of aryl methyl sites for hydroxylation is 3. The van der Waals surface area contributed by atoms with E-state index in [0.717, 1.165) is 30.7 Å². The summed E-state index contributed by atoms with van der Waals surface area (Å²) in [6.45, 7) is 0.516. The van der Waals surface area contributed by atoms with E-state index in [0.29, 0.717) is 6.54 Å². The molecule has 0 aliphatic heterocycles. The SMILES string of the molecule is O=C(O)c1cccc(C(=O)NCCCc2nc3c(s2)CCCC3)n1. The standard InChI is InChI=1S/C17H19N3O3S/c21-16(12-6-3-7-13(19-12)17(22)23)18-10-4-9-15-20-11-5-1-2-8-14(11)24-15/h3,6-7H,1-2,4-5,8-10H2,(H,18,21)(H,22,23). The number of carboxylic acid groups (broad SMARTS) is 1. The van der Waals surface area contributed by atoms with Crippen LogP contribution in [0.25, 0.3) is 0 Å². The fourth-order valence-electron chi connectivity index (χ4n) is 2.72. The van der Waals surface area contributed by atoms with Crippen LogP contribution in [0.1, 0.15) is 55.8 Å². The van der Waals surface area contributed by atoms with Gasteiger partial charge in [0.2, 0.25) is 0 Å². The third kappa shape index (κ3) is 3.97. The van der Waals surface area contributed by atoms with E-state index < -0.39 is 5.97 Å². The second-order valence-electron chi connectivity index (χ2n) is 5.76. The number of carbonyl (C=O) groups is 2. The van der Waals surface area contributed by atoms with Gasteiger partial charge in [0.25, 0.3) is 5.91 Å². The molecule has 0 aromatic carbocycles. The minimum Gasteiger partial charge on any atom is -0.477 e. The minimum atomic E-state index is -1.14. The molecule has 7 heteroatoms. The lowest BCUT2D eigenvalue weighted by Crippen LogP contribution is -2.26. The van der Waals surface area contributed by atoms with Crippen LogP contribution in [0.4, 0.5) is 0 Å². The molecular formula is C17H19N3O3S. The number of pyridine rings is 1. The molecule has 0 fully saturated rings. The Kier molecular flexibility index (Phi) is 5.20. The summed E-state index contributed by atoms with van der Waals surface area (Å²) in [5.41, 5.74) is 1.26. The highest BCUT2D eigenvalue weighted by atomic mass is 32.1. The first-order chi connectivity index (χ1) is 11.6. The number of aromatic nitrogens is 2. The number of rotatable bonds is 6. The second kappa shape index (κ2) is 7.53. The highest BCUT2D eigenvalue weighted by Gasteiger charge is 2.15. The first-order valence-electron chi connectivity index (χ1n) is 8.09. The Hall–Kier alpha value is -2.28. The Morgan fingerprint density at radius 1 is 1.17 bits per heavy atom. The summed E-state index contributed by atoms with van der Waals surface area (Å²) in [5, 5.41) is 12.8. The van der Waals surface area contributed by atoms with Crippen molar-refractivity contribution in [2.75, 3.05) is 6.54 Å². The van der Waals surface area contributed by atoms with Crippen molar-refractivity contribution in [1.29, 1.82) is 0 Å². The molecule has 0 unspecified atom stereocenters. The molecular weight excluding hydrogens is 326 g/mol. The summed E-state index contributed by atoms with van der Waals surface area (Å²) in [7, 11) is 0. The summed E-state index contributed by atoms with van der Waals surface area (Å²) in [6, 6.07) is 4.39. The average Bonchev–Trinajstić information content (AvgIpc) is 3.01. The van der Waals surface area contributed by atoms with Crippen molar-refractivity contribution in [2.24, 2.45) is 0 Å². The summed E-state index contributed by atoms with van der Waals surface area (Å²) in [5.74, 6) is -1.49. The van der Waals surface area contributed by atoms with Gasteiger partial charge in [0.15, 0.2) is 0 Å². The van der Waals surface area contributed by atoms with Crippen molar-refractivity contribution in [3.05, 3.63) is 45.2 Å². The van der Waals surface area contributed by atoms with E-state index in [1.54, 1.807) is 11.3 Å². The molecule has 24 heavy (non-hydrogen) atoms. The number of thiazole rings is 1. The third-order valence-corrected chi connectivity index (χ3v) is 5.16. The van der Waals surface area contributed by atoms with Gasteiger partial charge >= 0.3 is 5.97 Å². The predicted molar refractivity (Wildman–Crippen MR) is 90.6 cm³/mol. The molecule has 2 heterocycles. The van der Waals surface area contributed by atoms with Crippen LogP contribution in [-0.2, 0) is 19.3 Å². The van der Waals surface area contributed by atoms with Crippen LogP contribution in [0.5, 0.6) is 0 Å². The number of fused-ring (bicyclic) bond motifs is 1. The number of nitrogens with one attached hydrogen (secondary N) is 1. The number of carbonyl (C=O) groups excluding carboxylic acids is 1. The van der Waals surface area contributed by atoms with E-state index in [9.17, 15) is 9.59 Å². The smallest absolute Gasteiger partial charge is 0.354 e. The molecule has 0 radical (unpaired) electrons. The van der Waals surface area contributed by atoms with Gasteiger partial charge in [0.1, 0.15) is 11.4 Å². The van der Waals surface area contributed by atoms with E-state index in [1.165, 1.54) is 41.6 Å². The van der Waals surface area contributed by atoms with Crippen molar-refractivity contribution in [3.63, 3.8) is 0 Å². The van der Waals surface area contributed by atoms with Gasteiger partial charge in [0, 0.05) is 17.8 Å². The van der Waals surface area contributed by atoms with Crippen LogP contribution in [0, 0.1) is 0 Å². The normalized spacial score (nSPS) is 13.3. The molecule has 2 aromatic rings. The summed E-state index contributed by atoms with van der Waals surface area (Å²) in [4.78, 5) is 32.8. The number of nitrogens with zero attached hydrogens (tertiary/aromatic N) is 2. The lowest BCUT2D eigenvalue weighted by Gasteiger charge is -2.06. The van der Waals surface area contributed by atoms with Gasteiger partial charge in [-0.1, -0.05) is 6.07 Å². The molecule has 3 rings (SSSR count). The third-order valence-electron chi connectivity index (χ3n) is 3.94. The quantitative estimate of drug-likeness (QED) is 0.785. The highest BCUT2D eigenvalue weighted by molar-refractivity contribution is 7.11. The average molecular weight is 345 g/mol. The maximum absolute atomic E-state index is 12.0. The number of amides is 1. The van der Waals surface area contributed by atoms with Crippen LogP contribution in [0.15, 0.2) is 18.2 Å². The monoisotopic (exact) mass is 345 g/mol. The second-order valence-corrected chi connectivity index (χ2v) is 6.93. The van der Waals surface area contributed by atoms with Gasteiger partial charge in [-0.25, -0.2) is 14.8 Å². The molecule has 2 aromatic heterocycles. The van der Waals surface area contributed by atoms with Crippen molar-refractivity contribution >= 4 is 23.2 Å². The van der Waals surface area contributed by atoms with Crippen molar-refractivity contribution < 1.29 is 14.7 Å². The Labute approximate surface area is 144 Å². The van der Waals surface area contributed by atoms with Gasteiger partial charge < -0.3 is 10.4 Å². The van der Waals surface area contributed by atoms with Gasteiger partial charge in [-0.2, -0.15) is 0 Å². The lowest BCUT2D eigenvalue weighted by atomic mass is 10.0. The van der Waals surface area contributed by atoms with E-state index >= 15 is 0 Å². The molecule has 1 aliphatic carbocycles. The molecule has 2 N–H and O–H groups in total. The lowest BCUT2D eigenvalue weighted by molar-refractivity contribution is 0.0690. The molecule has 6 nitrogen and oxygen atoms in total. The van der Waals surface area contributed by atoms with Crippen molar-refractivity contribution in [2.45, 2.75) is 38.5 Å². The van der Waals surface area contributed by atoms with E-state index in [-0.39, 0.29) is 17.3 Å². The van der Waals surface area contributed by atoms with Gasteiger partial charge in [-0.15, -0.1) is 11.3 Å². The predicted octanol–water partition coefficient (Wildman–Crippen LogP) is 2.48. The summed E-state index contributed by atoms with van der Waals surface area (Å²) < 4.78 is 0. The first kappa shape index (κ1) is 16.6. The molecule has 0 atom stereocenters. The molecule has 0 spiro atoms. The van der Waals surface area contributed by atoms with E-state index in [4.69, 9.17) is 5.11 Å². The zero-order valence-corrected chi connectivity index (χ0v) is 14.1. The fourth-order valence-corrected chi connectivity index (χ4v) is 3.92. The number of aromatic carboxylic acids is 1. The van der Waals surface area contributed by atoms with Crippen LogP contribution >= 0.6 is 11.3 Å².